The average Bonchev–Trinajstić information content (AvgIpc) is 2.66. The van der Waals surface area contributed by atoms with Crippen LogP contribution in [0.2, 0.25) is 0 Å². The lowest BCUT2D eigenvalue weighted by Gasteiger charge is -2.35. The van der Waals surface area contributed by atoms with E-state index in [-0.39, 0.29) is 12.2 Å². The van der Waals surface area contributed by atoms with Crippen molar-refractivity contribution in [1.82, 2.24) is 13.9 Å². The SMILES string of the molecule is C[C@@H]1CN(CCNS(=O)(=O)N2CCCCCC2)C[C@@H](C)O1. The van der Waals surface area contributed by atoms with Crippen LogP contribution in [-0.4, -0.2) is 69.1 Å². The van der Waals surface area contributed by atoms with Crippen LogP contribution in [0.3, 0.4) is 0 Å². The van der Waals surface area contributed by atoms with Crippen molar-refractivity contribution >= 4 is 10.2 Å². The molecular formula is C14H29N3O3S. The first-order valence-corrected chi connectivity index (χ1v) is 9.54. The van der Waals surface area contributed by atoms with Crippen molar-refractivity contribution in [2.24, 2.45) is 0 Å². The molecule has 0 radical (unpaired) electrons. The van der Waals surface area contributed by atoms with E-state index in [1.54, 1.807) is 4.31 Å². The van der Waals surface area contributed by atoms with Crippen molar-refractivity contribution in [1.29, 1.82) is 0 Å². The molecule has 0 saturated carbocycles. The zero-order valence-electron chi connectivity index (χ0n) is 13.3. The number of hydrogen-bond donors (Lipinski definition) is 1. The Labute approximate surface area is 129 Å². The molecule has 2 saturated heterocycles. The standard InChI is InChI=1S/C14H29N3O3S/c1-13-11-16(12-14(2)20-13)10-7-15-21(18,19)17-8-5-3-4-6-9-17/h13-15H,3-12H2,1-2H3/t13-,14-/m1/s1. The summed E-state index contributed by atoms with van der Waals surface area (Å²) in [7, 11) is -3.31. The fourth-order valence-electron chi connectivity index (χ4n) is 3.17. The molecule has 0 bridgehead atoms. The van der Waals surface area contributed by atoms with Crippen LogP contribution in [0, 0.1) is 0 Å². The molecule has 6 nitrogen and oxygen atoms in total. The minimum Gasteiger partial charge on any atom is -0.373 e. The van der Waals surface area contributed by atoms with Gasteiger partial charge in [0.05, 0.1) is 12.2 Å². The minimum atomic E-state index is -3.31. The maximum absolute atomic E-state index is 12.3. The van der Waals surface area contributed by atoms with Crippen molar-refractivity contribution in [2.75, 3.05) is 39.3 Å². The molecule has 0 spiro atoms. The molecule has 0 aliphatic carbocycles. The van der Waals surface area contributed by atoms with Crippen molar-refractivity contribution in [2.45, 2.75) is 51.7 Å². The molecule has 0 unspecified atom stereocenters. The summed E-state index contributed by atoms with van der Waals surface area (Å²) in [6.45, 7) is 8.38. The predicted molar refractivity (Wildman–Crippen MR) is 83.4 cm³/mol. The second kappa shape index (κ2) is 7.87. The second-order valence-corrected chi connectivity index (χ2v) is 7.98. The third-order valence-electron chi connectivity index (χ3n) is 4.11. The molecule has 2 heterocycles. The summed E-state index contributed by atoms with van der Waals surface area (Å²) >= 11 is 0. The Morgan fingerprint density at radius 2 is 1.62 bits per heavy atom. The Morgan fingerprint density at radius 1 is 1.05 bits per heavy atom. The van der Waals surface area contributed by atoms with E-state index >= 15 is 0 Å². The van der Waals surface area contributed by atoms with Gasteiger partial charge in [0, 0.05) is 39.3 Å². The molecule has 2 atom stereocenters. The van der Waals surface area contributed by atoms with Crippen LogP contribution < -0.4 is 4.72 Å². The predicted octanol–water partition coefficient (Wildman–Crippen LogP) is 0.806. The molecule has 0 aromatic carbocycles. The number of ether oxygens (including phenoxy) is 1. The van der Waals surface area contributed by atoms with Gasteiger partial charge in [-0.3, -0.25) is 4.90 Å². The summed E-state index contributed by atoms with van der Waals surface area (Å²) in [4.78, 5) is 2.27. The lowest BCUT2D eigenvalue weighted by Crippen LogP contribution is -2.49. The van der Waals surface area contributed by atoms with Crippen LogP contribution in [0.1, 0.15) is 39.5 Å². The quantitative estimate of drug-likeness (QED) is 0.814. The monoisotopic (exact) mass is 319 g/mol. The van der Waals surface area contributed by atoms with Crippen LogP contribution in [0.4, 0.5) is 0 Å². The van der Waals surface area contributed by atoms with Crippen LogP contribution >= 0.6 is 0 Å². The molecule has 0 amide bonds. The Kier molecular flexibility index (Phi) is 6.43. The van der Waals surface area contributed by atoms with Gasteiger partial charge in [0.15, 0.2) is 0 Å². The topological polar surface area (TPSA) is 61.9 Å². The Bertz CT molecular complexity index is 398. The molecule has 2 aliphatic heterocycles. The largest absolute Gasteiger partial charge is 0.373 e. The van der Waals surface area contributed by atoms with Crippen molar-refractivity contribution < 1.29 is 13.2 Å². The van der Waals surface area contributed by atoms with Gasteiger partial charge in [-0.05, 0) is 26.7 Å². The number of morpholine rings is 1. The zero-order chi connectivity index (χ0) is 15.3. The summed E-state index contributed by atoms with van der Waals surface area (Å²) in [5.41, 5.74) is 0. The van der Waals surface area contributed by atoms with Crippen molar-refractivity contribution in [3.05, 3.63) is 0 Å². The molecule has 1 N–H and O–H groups in total. The van der Waals surface area contributed by atoms with E-state index in [4.69, 9.17) is 4.74 Å². The number of nitrogens with one attached hydrogen (secondary N) is 1. The summed E-state index contributed by atoms with van der Waals surface area (Å²) in [6.07, 6.45) is 4.65. The molecule has 21 heavy (non-hydrogen) atoms. The normalized spacial score (nSPS) is 30.2. The van der Waals surface area contributed by atoms with Crippen LogP contribution in [0.5, 0.6) is 0 Å². The van der Waals surface area contributed by atoms with E-state index in [1.165, 1.54) is 0 Å². The highest BCUT2D eigenvalue weighted by atomic mass is 32.2. The first-order valence-electron chi connectivity index (χ1n) is 8.10. The van der Waals surface area contributed by atoms with E-state index in [1.807, 2.05) is 0 Å². The van der Waals surface area contributed by atoms with E-state index in [9.17, 15) is 8.42 Å². The van der Waals surface area contributed by atoms with Gasteiger partial charge in [0.1, 0.15) is 0 Å². The lowest BCUT2D eigenvalue weighted by atomic mass is 10.2. The molecule has 2 rings (SSSR count). The molecule has 0 aromatic rings. The summed E-state index contributed by atoms with van der Waals surface area (Å²) in [5, 5.41) is 0. The summed E-state index contributed by atoms with van der Waals surface area (Å²) < 4.78 is 34.6. The molecule has 2 aliphatic rings. The van der Waals surface area contributed by atoms with Gasteiger partial charge < -0.3 is 4.74 Å². The van der Waals surface area contributed by atoms with Gasteiger partial charge in [-0.15, -0.1) is 0 Å². The average molecular weight is 319 g/mol. The van der Waals surface area contributed by atoms with Gasteiger partial charge >= 0.3 is 0 Å². The molecule has 7 heteroatoms. The van der Waals surface area contributed by atoms with Gasteiger partial charge in [-0.2, -0.15) is 12.7 Å². The van der Waals surface area contributed by atoms with Crippen molar-refractivity contribution in [3.63, 3.8) is 0 Å². The number of hydrogen-bond acceptors (Lipinski definition) is 4. The van der Waals surface area contributed by atoms with Crippen LogP contribution in [0.15, 0.2) is 0 Å². The van der Waals surface area contributed by atoms with E-state index < -0.39 is 10.2 Å². The van der Waals surface area contributed by atoms with E-state index in [2.05, 4.69) is 23.5 Å². The highest BCUT2D eigenvalue weighted by molar-refractivity contribution is 7.87. The van der Waals surface area contributed by atoms with Gasteiger partial charge in [0.2, 0.25) is 0 Å². The molecule has 2 fully saturated rings. The first-order chi connectivity index (χ1) is 9.97. The van der Waals surface area contributed by atoms with Gasteiger partial charge in [0.25, 0.3) is 10.2 Å². The number of nitrogens with zero attached hydrogens (tertiary/aromatic N) is 2. The van der Waals surface area contributed by atoms with E-state index in [0.717, 1.165) is 45.3 Å². The maximum Gasteiger partial charge on any atom is 0.279 e. The highest BCUT2D eigenvalue weighted by Crippen LogP contribution is 2.13. The van der Waals surface area contributed by atoms with Crippen molar-refractivity contribution in [3.8, 4) is 0 Å². The third kappa shape index (κ3) is 5.49. The smallest absolute Gasteiger partial charge is 0.279 e. The molecule has 124 valence electrons. The summed E-state index contributed by atoms with van der Waals surface area (Å²) in [5.74, 6) is 0. The summed E-state index contributed by atoms with van der Waals surface area (Å²) in [6, 6.07) is 0. The van der Waals surface area contributed by atoms with Gasteiger partial charge in [-0.25, -0.2) is 4.72 Å². The minimum absolute atomic E-state index is 0.218. The van der Waals surface area contributed by atoms with Crippen LogP contribution in [0.25, 0.3) is 0 Å². The zero-order valence-corrected chi connectivity index (χ0v) is 14.1. The van der Waals surface area contributed by atoms with Crippen LogP contribution in [-0.2, 0) is 14.9 Å². The van der Waals surface area contributed by atoms with Gasteiger partial charge in [-0.1, -0.05) is 12.8 Å². The lowest BCUT2D eigenvalue weighted by molar-refractivity contribution is -0.0671. The highest BCUT2D eigenvalue weighted by Gasteiger charge is 2.24. The third-order valence-corrected chi connectivity index (χ3v) is 5.73. The first kappa shape index (κ1) is 17.1. The van der Waals surface area contributed by atoms with E-state index in [0.29, 0.717) is 19.6 Å². The Hall–Kier alpha value is -0.210. The molecular weight excluding hydrogens is 290 g/mol. The second-order valence-electron chi connectivity index (χ2n) is 6.23. The maximum atomic E-state index is 12.3. The molecule has 0 aromatic heterocycles. The Balaban J connectivity index is 1.76. The fraction of sp³-hybridized carbons (Fsp3) is 1.00. The fourth-order valence-corrected chi connectivity index (χ4v) is 4.44. The number of rotatable bonds is 5. The Morgan fingerprint density at radius 3 is 2.19 bits per heavy atom.